The molecular formula is C13H22N6O. The first-order valence-corrected chi connectivity index (χ1v) is 7.39. The molecule has 0 spiro atoms. The lowest BCUT2D eigenvalue weighted by Gasteiger charge is -2.26. The molecule has 20 heavy (non-hydrogen) atoms. The summed E-state index contributed by atoms with van der Waals surface area (Å²) < 4.78 is 5.36. The van der Waals surface area contributed by atoms with E-state index in [4.69, 9.17) is 10.5 Å². The van der Waals surface area contributed by atoms with Crippen LogP contribution in [0.3, 0.4) is 0 Å². The van der Waals surface area contributed by atoms with Gasteiger partial charge in [-0.15, -0.1) is 0 Å². The second-order valence-electron chi connectivity index (χ2n) is 5.48. The Kier molecular flexibility index (Phi) is 4.15. The Labute approximate surface area is 118 Å². The second kappa shape index (κ2) is 6.21. The van der Waals surface area contributed by atoms with Crippen molar-refractivity contribution in [1.82, 2.24) is 15.0 Å². The summed E-state index contributed by atoms with van der Waals surface area (Å²) in [4.78, 5) is 15.1. The molecule has 0 radical (unpaired) electrons. The molecule has 3 rings (SSSR count). The number of nitrogens with two attached hydrogens (primary N) is 1. The average Bonchev–Trinajstić information content (AvgIpc) is 2.99. The standard InChI is InChI=1S/C13H22N6O/c14-11-16-12(15-8-10-4-7-20-9-10)18-13(17-11)19-5-2-1-3-6-19/h10H,1-9H2,(H3,14,15,16,17,18). The molecule has 3 heterocycles. The smallest absolute Gasteiger partial charge is 0.231 e. The molecule has 1 unspecified atom stereocenters. The summed E-state index contributed by atoms with van der Waals surface area (Å²) >= 11 is 0. The molecule has 7 heteroatoms. The van der Waals surface area contributed by atoms with Gasteiger partial charge in [0.05, 0.1) is 6.61 Å². The molecule has 0 bridgehead atoms. The minimum Gasteiger partial charge on any atom is -0.381 e. The number of nitrogens with one attached hydrogen (secondary N) is 1. The van der Waals surface area contributed by atoms with Crippen molar-refractivity contribution in [3.63, 3.8) is 0 Å². The number of piperidine rings is 1. The van der Waals surface area contributed by atoms with Gasteiger partial charge in [0.2, 0.25) is 17.8 Å². The molecule has 0 aromatic carbocycles. The van der Waals surface area contributed by atoms with Crippen LogP contribution in [-0.4, -0.2) is 47.8 Å². The van der Waals surface area contributed by atoms with E-state index in [1.54, 1.807) is 0 Å². The summed E-state index contributed by atoms with van der Waals surface area (Å²) in [6.45, 7) is 4.48. The van der Waals surface area contributed by atoms with Crippen LogP contribution in [0.5, 0.6) is 0 Å². The zero-order chi connectivity index (χ0) is 13.8. The van der Waals surface area contributed by atoms with Crippen LogP contribution in [0.4, 0.5) is 17.8 Å². The lowest BCUT2D eigenvalue weighted by Crippen LogP contribution is -2.31. The topological polar surface area (TPSA) is 89.2 Å². The molecule has 2 fully saturated rings. The quantitative estimate of drug-likeness (QED) is 0.845. The Bertz CT molecular complexity index is 442. The first kappa shape index (κ1) is 13.4. The Hall–Kier alpha value is -1.63. The highest BCUT2D eigenvalue weighted by molar-refractivity contribution is 5.42. The number of aromatic nitrogens is 3. The van der Waals surface area contributed by atoms with E-state index in [1.807, 2.05) is 0 Å². The maximum absolute atomic E-state index is 5.80. The molecule has 2 saturated heterocycles. The molecule has 0 aliphatic carbocycles. The Morgan fingerprint density at radius 1 is 1.20 bits per heavy atom. The fourth-order valence-corrected chi connectivity index (χ4v) is 2.68. The predicted molar refractivity (Wildman–Crippen MR) is 77.7 cm³/mol. The molecule has 1 aromatic rings. The molecule has 0 saturated carbocycles. The number of rotatable bonds is 4. The van der Waals surface area contributed by atoms with Crippen LogP contribution in [0.15, 0.2) is 0 Å². The highest BCUT2D eigenvalue weighted by Gasteiger charge is 2.18. The van der Waals surface area contributed by atoms with E-state index in [0.29, 0.717) is 17.8 Å². The van der Waals surface area contributed by atoms with Gasteiger partial charge in [0, 0.05) is 32.2 Å². The molecule has 110 valence electrons. The largest absolute Gasteiger partial charge is 0.381 e. The lowest BCUT2D eigenvalue weighted by atomic mass is 10.1. The Morgan fingerprint density at radius 2 is 2.05 bits per heavy atom. The monoisotopic (exact) mass is 278 g/mol. The van der Waals surface area contributed by atoms with Crippen molar-refractivity contribution in [3.05, 3.63) is 0 Å². The number of anilines is 3. The van der Waals surface area contributed by atoms with Crippen molar-refractivity contribution in [1.29, 1.82) is 0 Å². The second-order valence-corrected chi connectivity index (χ2v) is 5.48. The Balaban J connectivity index is 1.65. The minimum atomic E-state index is 0.283. The minimum absolute atomic E-state index is 0.283. The molecule has 0 amide bonds. The summed E-state index contributed by atoms with van der Waals surface area (Å²) in [5.41, 5.74) is 5.80. The fourth-order valence-electron chi connectivity index (χ4n) is 2.68. The highest BCUT2D eigenvalue weighted by Crippen LogP contribution is 2.18. The molecule has 1 aromatic heterocycles. The van der Waals surface area contributed by atoms with Gasteiger partial charge < -0.3 is 20.7 Å². The number of hydrogen-bond acceptors (Lipinski definition) is 7. The summed E-state index contributed by atoms with van der Waals surface area (Å²) in [6.07, 6.45) is 4.75. The average molecular weight is 278 g/mol. The van der Waals surface area contributed by atoms with Crippen LogP contribution in [-0.2, 0) is 4.74 Å². The third kappa shape index (κ3) is 3.27. The third-order valence-electron chi connectivity index (χ3n) is 3.85. The highest BCUT2D eigenvalue weighted by atomic mass is 16.5. The van der Waals surface area contributed by atoms with Gasteiger partial charge >= 0.3 is 0 Å². The van der Waals surface area contributed by atoms with Crippen LogP contribution in [0, 0.1) is 5.92 Å². The summed E-state index contributed by atoms with van der Waals surface area (Å²) in [7, 11) is 0. The van der Waals surface area contributed by atoms with Gasteiger partial charge in [-0.2, -0.15) is 15.0 Å². The molecule has 3 N–H and O–H groups in total. The van der Waals surface area contributed by atoms with Crippen LogP contribution < -0.4 is 16.0 Å². The van der Waals surface area contributed by atoms with Crippen LogP contribution >= 0.6 is 0 Å². The van der Waals surface area contributed by atoms with Crippen molar-refractivity contribution in [2.24, 2.45) is 5.92 Å². The lowest BCUT2D eigenvalue weighted by molar-refractivity contribution is 0.187. The van der Waals surface area contributed by atoms with Crippen molar-refractivity contribution in [2.75, 3.05) is 48.8 Å². The first-order chi connectivity index (χ1) is 9.81. The van der Waals surface area contributed by atoms with Gasteiger partial charge in [-0.05, 0) is 25.7 Å². The third-order valence-corrected chi connectivity index (χ3v) is 3.85. The van der Waals surface area contributed by atoms with Gasteiger partial charge in [-0.1, -0.05) is 0 Å². The normalized spacial score (nSPS) is 23.0. The Morgan fingerprint density at radius 3 is 2.80 bits per heavy atom. The van der Waals surface area contributed by atoms with Crippen LogP contribution in [0.25, 0.3) is 0 Å². The molecule has 2 aliphatic heterocycles. The summed E-state index contributed by atoms with van der Waals surface area (Å²) in [6, 6.07) is 0. The maximum atomic E-state index is 5.80. The van der Waals surface area contributed by atoms with E-state index in [2.05, 4.69) is 25.2 Å². The van der Waals surface area contributed by atoms with Crippen molar-refractivity contribution >= 4 is 17.8 Å². The van der Waals surface area contributed by atoms with E-state index in [0.717, 1.165) is 39.3 Å². The molecular weight excluding hydrogens is 256 g/mol. The van der Waals surface area contributed by atoms with Gasteiger partial charge in [-0.3, -0.25) is 0 Å². The zero-order valence-corrected chi connectivity index (χ0v) is 11.7. The number of ether oxygens (including phenoxy) is 1. The molecule has 1 atom stereocenters. The van der Waals surface area contributed by atoms with Crippen LogP contribution in [0.2, 0.25) is 0 Å². The SMILES string of the molecule is Nc1nc(NCC2CCOC2)nc(N2CCCCC2)n1. The van der Waals surface area contributed by atoms with E-state index in [9.17, 15) is 0 Å². The summed E-state index contributed by atoms with van der Waals surface area (Å²) in [5, 5.41) is 3.26. The maximum Gasteiger partial charge on any atom is 0.231 e. The van der Waals surface area contributed by atoms with E-state index in [-0.39, 0.29) is 5.95 Å². The summed E-state index contributed by atoms with van der Waals surface area (Å²) in [5.74, 6) is 2.09. The number of nitrogens with zero attached hydrogens (tertiary/aromatic N) is 4. The first-order valence-electron chi connectivity index (χ1n) is 7.39. The van der Waals surface area contributed by atoms with Crippen molar-refractivity contribution < 1.29 is 4.74 Å². The van der Waals surface area contributed by atoms with Crippen LogP contribution in [0.1, 0.15) is 25.7 Å². The van der Waals surface area contributed by atoms with Crippen molar-refractivity contribution in [2.45, 2.75) is 25.7 Å². The number of hydrogen-bond donors (Lipinski definition) is 2. The zero-order valence-electron chi connectivity index (χ0n) is 11.7. The van der Waals surface area contributed by atoms with E-state index in [1.165, 1.54) is 19.3 Å². The van der Waals surface area contributed by atoms with E-state index < -0.39 is 0 Å². The number of nitrogen functional groups attached to an aromatic ring is 1. The van der Waals surface area contributed by atoms with Gasteiger partial charge in [0.1, 0.15) is 0 Å². The van der Waals surface area contributed by atoms with E-state index >= 15 is 0 Å². The van der Waals surface area contributed by atoms with Gasteiger partial charge in [-0.25, -0.2) is 0 Å². The fraction of sp³-hybridized carbons (Fsp3) is 0.769. The van der Waals surface area contributed by atoms with Gasteiger partial charge in [0.25, 0.3) is 0 Å². The molecule has 2 aliphatic rings. The molecule has 7 nitrogen and oxygen atoms in total. The predicted octanol–water partition coefficient (Wildman–Crippen LogP) is 0.892. The van der Waals surface area contributed by atoms with Gasteiger partial charge in [0.15, 0.2) is 0 Å². The van der Waals surface area contributed by atoms with Crippen molar-refractivity contribution in [3.8, 4) is 0 Å².